The number of hydrogen-bond donors (Lipinski definition) is 0. The van der Waals surface area contributed by atoms with Gasteiger partial charge in [-0.1, -0.05) is 158 Å². The molecule has 0 amide bonds. The summed E-state index contributed by atoms with van der Waals surface area (Å²) in [6.07, 6.45) is 7.19. The molecule has 5 aromatic heterocycles. The van der Waals surface area contributed by atoms with Crippen molar-refractivity contribution in [2.45, 2.75) is 26.2 Å². The number of ether oxygens (including phenoxy) is 1. The predicted molar refractivity (Wildman–Crippen MR) is 248 cm³/mol. The van der Waals surface area contributed by atoms with Gasteiger partial charge in [0.1, 0.15) is 5.82 Å². The third-order valence-electron chi connectivity index (χ3n) is 12.1. The summed E-state index contributed by atoms with van der Waals surface area (Å²) in [5, 5.41) is 9.14. The standard InChI is InChI=1S/C55H39N5O.Pt/c1-55(2,3)35-27-28-56-53(29-35)60-48-22-12-10-20-43(48)44-26-25-36(32-51(44)60)61-37-30-45-41-18-8-6-16-39(41)38-15-5-7-17-40(38)42-19-9-11-21-47(42)58-33-52(46(31-37)54(45)58)59-34-57(4)49-23-13-14-24-50(49)59;/h5-30,33H,1-4H3;/q-2;/i4D3;. The number of para-hydroxylation sites is 4. The zero-order valence-corrected chi connectivity index (χ0v) is 36.3. The van der Waals surface area contributed by atoms with Gasteiger partial charge in [0, 0.05) is 61.4 Å². The number of imidazole rings is 1. The van der Waals surface area contributed by atoms with E-state index in [-0.39, 0.29) is 26.5 Å². The number of fused-ring (bicyclic) bond motifs is 11. The first-order valence-electron chi connectivity index (χ1n) is 22.0. The van der Waals surface area contributed by atoms with Crippen LogP contribution >= 0.6 is 0 Å². The molecule has 0 saturated heterocycles. The van der Waals surface area contributed by atoms with Gasteiger partial charge < -0.3 is 22.8 Å². The van der Waals surface area contributed by atoms with Gasteiger partial charge in [0.15, 0.2) is 0 Å². The number of aryl methyl sites for hydroxylation is 1. The number of aromatic nitrogens is 5. The zero-order chi connectivity index (χ0) is 43.5. The topological polar surface area (TPSA) is 40.3 Å². The summed E-state index contributed by atoms with van der Waals surface area (Å²) in [6.45, 7) is 4.15. The average molecular weight is 984 g/mol. The SMILES string of the molecule is [2H]C([2H])([2H])[n+]1[c-]n(-c2cn3c4ccccc4c4ccccc4c4ccccc4c4cc(Oc5[c-]c6c(cc5)c5ccccc5n6-c5cc(C(C)(C)C)ccn5)[c-]c2c43)c2ccccc21.[Pt]. The van der Waals surface area contributed by atoms with Crippen LogP contribution in [0, 0.1) is 18.5 Å². The van der Waals surface area contributed by atoms with Crippen LogP contribution < -0.4 is 9.30 Å². The minimum atomic E-state index is -2.47. The molecule has 6 nitrogen and oxygen atoms in total. The number of pyridine rings is 1. The Labute approximate surface area is 377 Å². The van der Waals surface area contributed by atoms with Crippen LogP contribution in [-0.4, -0.2) is 18.5 Å². The Morgan fingerprint density at radius 3 is 1.94 bits per heavy atom. The van der Waals surface area contributed by atoms with Crippen LogP contribution in [0.4, 0.5) is 0 Å². The van der Waals surface area contributed by atoms with Crippen LogP contribution in [0.2, 0.25) is 0 Å². The van der Waals surface area contributed by atoms with Gasteiger partial charge in [0.25, 0.3) is 0 Å². The van der Waals surface area contributed by atoms with E-state index < -0.39 is 6.98 Å². The Balaban J connectivity index is 0.00000469. The van der Waals surface area contributed by atoms with Gasteiger partial charge >= 0.3 is 0 Å². The predicted octanol–water partition coefficient (Wildman–Crippen LogP) is 12.9. The van der Waals surface area contributed by atoms with Crippen molar-refractivity contribution >= 4 is 81.6 Å². The van der Waals surface area contributed by atoms with Crippen molar-refractivity contribution in [3.05, 3.63) is 188 Å². The molecule has 0 N–H and O–H groups in total. The van der Waals surface area contributed by atoms with E-state index in [4.69, 9.17) is 13.8 Å². The fourth-order valence-electron chi connectivity index (χ4n) is 9.21. The molecule has 7 heteroatoms. The molecule has 0 atom stereocenters. The van der Waals surface area contributed by atoms with Crippen LogP contribution in [0.1, 0.15) is 30.4 Å². The van der Waals surface area contributed by atoms with E-state index in [9.17, 15) is 0 Å². The molecule has 302 valence electrons. The smallest absolute Gasteiger partial charge is 0.244 e. The van der Waals surface area contributed by atoms with Crippen LogP contribution in [-0.2, 0) is 33.5 Å². The van der Waals surface area contributed by atoms with Gasteiger partial charge in [0.2, 0.25) is 6.33 Å². The van der Waals surface area contributed by atoms with Gasteiger partial charge in [-0.2, -0.15) is 6.07 Å². The molecule has 0 aliphatic carbocycles. The zero-order valence-electron chi connectivity index (χ0n) is 37.0. The first-order chi connectivity index (χ1) is 31.0. The number of nitrogens with zero attached hydrogens (tertiary/aromatic N) is 5. The molecule has 7 aromatic carbocycles. The first-order valence-corrected chi connectivity index (χ1v) is 20.5. The molecule has 0 radical (unpaired) electrons. The Morgan fingerprint density at radius 1 is 0.613 bits per heavy atom. The Hall–Kier alpha value is -7.01. The van der Waals surface area contributed by atoms with Gasteiger partial charge in [-0.3, -0.25) is 0 Å². The fourth-order valence-corrected chi connectivity index (χ4v) is 9.21. The third kappa shape index (κ3) is 5.81. The van der Waals surface area contributed by atoms with E-state index in [1.165, 1.54) is 10.1 Å². The van der Waals surface area contributed by atoms with Gasteiger partial charge in [0.05, 0.1) is 27.8 Å². The van der Waals surface area contributed by atoms with E-state index in [1.807, 2.05) is 41.1 Å². The van der Waals surface area contributed by atoms with E-state index in [0.717, 1.165) is 76.4 Å². The molecule has 0 saturated carbocycles. The minimum absolute atomic E-state index is 0. The summed E-state index contributed by atoms with van der Waals surface area (Å²) in [4.78, 5) is 4.88. The normalized spacial score (nSPS) is 13.0. The molecule has 0 aliphatic heterocycles. The number of rotatable bonds is 4. The Morgan fingerprint density at radius 2 is 1.23 bits per heavy atom. The van der Waals surface area contributed by atoms with Crippen molar-refractivity contribution in [3.8, 4) is 23.0 Å². The van der Waals surface area contributed by atoms with Crippen LogP contribution in [0.15, 0.2) is 164 Å². The quantitative estimate of drug-likeness (QED) is 0.130. The molecular formula is C55H39N5OPt-2. The average Bonchev–Trinajstić information content (AvgIpc) is 3.99. The summed E-state index contributed by atoms with van der Waals surface area (Å²) >= 11 is 0. The largest absolute Gasteiger partial charge is 0.503 e. The summed E-state index contributed by atoms with van der Waals surface area (Å²) in [7, 11) is 0. The second-order valence-corrected chi connectivity index (χ2v) is 16.7. The van der Waals surface area contributed by atoms with Crippen LogP contribution in [0.5, 0.6) is 11.5 Å². The maximum atomic E-state index is 8.48. The molecular weight excluding hydrogens is 942 g/mol. The van der Waals surface area contributed by atoms with Crippen molar-refractivity contribution < 1.29 is 34.5 Å². The summed E-state index contributed by atoms with van der Waals surface area (Å²) in [5.74, 6) is 1.79. The molecule has 0 unspecified atom stereocenters. The van der Waals surface area contributed by atoms with Crippen molar-refractivity contribution in [1.82, 2.24) is 18.5 Å². The van der Waals surface area contributed by atoms with E-state index in [1.54, 1.807) is 0 Å². The molecule has 62 heavy (non-hydrogen) atoms. The second-order valence-electron chi connectivity index (χ2n) is 16.7. The maximum Gasteiger partial charge on any atom is 0.244 e. The molecule has 5 heterocycles. The molecule has 0 bridgehead atoms. The molecule has 0 spiro atoms. The van der Waals surface area contributed by atoms with Gasteiger partial charge in [-0.25, -0.2) is 4.98 Å². The van der Waals surface area contributed by atoms with Gasteiger partial charge in [-0.15, -0.1) is 17.5 Å². The summed E-state index contributed by atoms with van der Waals surface area (Å²) < 4.78 is 39.9. The molecule has 12 rings (SSSR count). The third-order valence-corrected chi connectivity index (χ3v) is 12.1. The van der Waals surface area contributed by atoms with E-state index in [0.29, 0.717) is 28.2 Å². The number of benzene rings is 7. The second kappa shape index (κ2) is 14.3. The first kappa shape index (κ1) is 34.7. The van der Waals surface area contributed by atoms with Crippen molar-refractivity contribution in [3.63, 3.8) is 0 Å². The molecule has 0 aliphatic rings. The summed E-state index contributed by atoms with van der Waals surface area (Å²) in [6, 6.07) is 59.0. The Bertz CT molecular complexity index is 3930. The van der Waals surface area contributed by atoms with Crippen LogP contribution in [0.25, 0.3) is 93.1 Å². The summed E-state index contributed by atoms with van der Waals surface area (Å²) in [5.41, 5.74) is 6.78. The Kier molecular flexibility index (Phi) is 7.99. The van der Waals surface area contributed by atoms with Gasteiger partial charge in [-0.05, 0) is 67.7 Å². The van der Waals surface area contributed by atoms with Crippen LogP contribution in [0.3, 0.4) is 0 Å². The fraction of sp³-hybridized carbons (Fsp3) is 0.0909. The molecule has 0 fully saturated rings. The maximum absolute atomic E-state index is 8.48. The van der Waals surface area contributed by atoms with Crippen molar-refractivity contribution in [2.24, 2.45) is 6.98 Å². The van der Waals surface area contributed by atoms with E-state index in [2.05, 4.69) is 176 Å². The van der Waals surface area contributed by atoms with Crippen molar-refractivity contribution in [1.29, 1.82) is 0 Å². The van der Waals surface area contributed by atoms with E-state index >= 15 is 0 Å². The van der Waals surface area contributed by atoms with Crippen molar-refractivity contribution in [2.75, 3.05) is 0 Å². The monoisotopic (exact) mass is 983 g/mol. The number of hydrogen-bond acceptors (Lipinski definition) is 2. The minimum Gasteiger partial charge on any atom is -0.503 e. The molecule has 12 aromatic rings.